The number of carbonyl (C=O) groups is 1. The molecule has 6 heteroatoms. The maximum atomic E-state index is 13.0. The average molecular weight is 451 g/mol. The number of piperidine rings is 1. The van der Waals surface area contributed by atoms with Crippen LogP contribution < -0.4 is 5.32 Å². The number of hydrogen-bond donors (Lipinski definition) is 1. The van der Waals surface area contributed by atoms with E-state index in [4.69, 9.17) is 0 Å². The van der Waals surface area contributed by atoms with Crippen molar-refractivity contribution in [3.05, 3.63) is 77.4 Å². The van der Waals surface area contributed by atoms with Crippen molar-refractivity contribution in [2.24, 2.45) is 5.92 Å². The second kappa shape index (κ2) is 9.04. The molecule has 1 amide bonds. The highest BCUT2D eigenvalue weighted by molar-refractivity contribution is 7.89. The van der Waals surface area contributed by atoms with Crippen LogP contribution in [0.4, 0.5) is 0 Å². The fourth-order valence-corrected chi connectivity index (χ4v) is 5.83. The molecular weight excluding hydrogens is 420 g/mol. The molecule has 4 rings (SSSR count). The van der Waals surface area contributed by atoms with Crippen LogP contribution in [-0.4, -0.2) is 31.7 Å². The van der Waals surface area contributed by atoms with E-state index in [1.54, 1.807) is 12.1 Å². The third kappa shape index (κ3) is 4.57. The predicted octanol–water partition coefficient (Wildman–Crippen LogP) is 4.73. The van der Waals surface area contributed by atoms with Crippen LogP contribution in [0.25, 0.3) is 10.8 Å². The third-order valence-corrected chi connectivity index (χ3v) is 8.47. The van der Waals surface area contributed by atoms with E-state index >= 15 is 0 Å². The largest absolute Gasteiger partial charge is 0.349 e. The number of sulfonamides is 1. The molecular formula is C26H30N2O3S. The summed E-state index contributed by atoms with van der Waals surface area (Å²) >= 11 is 0. The summed E-state index contributed by atoms with van der Waals surface area (Å²) in [6.07, 6.45) is 1.06. The monoisotopic (exact) mass is 450 g/mol. The maximum Gasteiger partial charge on any atom is 0.243 e. The molecule has 1 aliphatic heterocycles. The summed E-state index contributed by atoms with van der Waals surface area (Å²) in [5, 5.41) is 5.44. The Hall–Kier alpha value is -2.70. The van der Waals surface area contributed by atoms with E-state index in [0.29, 0.717) is 30.8 Å². The molecule has 3 aromatic rings. The third-order valence-electron chi connectivity index (χ3n) is 6.57. The molecule has 32 heavy (non-hydrogen) atoms. The van der Waals surface area contributed by atoms with E-state index < -0.39 is 10.0 Å². The second-order valence-corrected chi connectivity index (χ2v) is 10.7. The summed E-state index contributed by atoms with van der Waals surface area (Å²) in [6.45, 7) is 6.59. The van der Waals surface area contributed by atoms with Crippen molar-refractivity contribution in [2.45, 2.75) is 44.6 Å². The van der Waals surface area contributed by atoms with Gasteiger partial charge in [0.05, 0.1) is 10.9 Å². The standard InChI is InChI=1S/C26H30N2O3S/c1-18-8-11-25(16-19(18)2)32(30,31)28-14-12-22(13-15-28)26(29)27-20(3)23-10-9-21-6-4-5-7-24(21)17-23/h4-11,16-17,20,22H,12-15H2,1-3H3,(H,27,29). The lowest BCUT2D eigenvalue weighted by molar-refractivity contribution is -0.126. The molecule has 0 spiro atoms. The highest BCUT2D eigenvalue weighted by Gasteiger charge is 2.32. The van der Waals surface area contributed by atoms with Crippen molar-refractivity contribution in [2.75, 3.05) is 13.1 Å². The van der Waals surface area contributed by atoms with Gasteiger partial charge in [0.1, 0.15) is 0 Å². The van der Waals surface area contributed by atoms with E-state index in [2.05, 4.69) is 29.6 Å². The van der Waals surface area contributed by atoms with Crippen LogP contribution in [0.3, 0.4) is 0 Å². The van der Waals surface area contributed by atoms with Gasteiger partial charge >= 0.3 is 0 Å². The van der Waals surface area contributed by atoms with Gasteiger partial charge in [-0.15, -0.1) is 0 Å². The van der Waals surface area contributed by atoms with Gasteiger partial charge in [-0.25, -0.2) is 8.42 Å². The zero-order valence-electron chi connectivity index (χ0n) is 18.8. The Morgan fingerprint density at radius 3 is 2.31 bits per heavy atom. The van der Waals surface area contributed by atoms with Crippen molar-refractivity contribution in [3.8, 4) is 0 Å². The molecule has 1 aliphatic rings. The molecule has 0 radical (unpaired) electrons. The van der Waals surface area contributed by atoms with Crippen molar-refractivity contribution < 1.29 is 13.2 Å². The second-order valence-electron chi connectivity index (χ2n) is 8.76. The summed E-state index contributed by atoms with van der Waals surface area (Å²) < 4.78 is 27.6. The van der Waals surface area contributed by atoms with Crippen LogP contribution in [-0.2, 0) is 14.8 Å². The number of rotatable bonds is 5. The van der Waals surface area contributed by atoms with Gasteiger partial charge in [0.25, 0.3) is 0 Å². The van der Waals surface area contributed by atoms with E-state index in [0.717, 1.165) is 22.1 Å². The maximum absolute atomic E-state index is 13.0. The normalized spacial score (nSPS) is 16.7. The molecule has 1 N–H and O–H groups in total. The average Bonchev–Trinajstić information content (AvgIpc) is 2.80. The number of carbonyl (C=O) groups excluding carboxylic acids is 1. The number of benzene rings is 3. The van der Waals surface area contributed by atoms with Gasteiger partial charge in [0, 0.05) is 19.0 Å². The lowest BCUT2D eigenvalue weighted by Gasteiger charge is -2.31. The topological polar surface area (TPSA) is 66.5 Å². The zero-order chi connectivity index (χ0) is 22.9. The molecule has 1 saturated heterocycles. The highest BCUT2D eigenvalue weighted by atomic mass is 32.2. The van der Waals surface area contributed by atoms with Crippen molar-refractivity contribution >= 4 is 26.7 Å². The molecule has 1 atom stereocenters. The number of hydrogen-bond acceptors (Lipinski definition) is 3. The number of fused-ring (bicyclic) bond motifs is 1. The summed E-state index contributed by atoms with van der Waals surface area (Å²) in [4.78, 5) is 13.2. The molecule has 1 fully saturated rings. The molecule has 0 bridgehead atoms. The Morgan fingerprint density at radius 1 is 0.938 bits per heavy atom. The molecule has 1 unspecified atom stereocenters. The van der Waals surface area contributed by atoms with Gasteiger partial charge in [0.15, 0.2) is 0 Å². The van der Waals surface area contributed by atoms with Crippen molar-refractivity contribution in [3.63, 3.8) is 0 Å². The molecule has 0 aromatic heterocycles. The van der Waals surface area contributed by atoms with Gasteiger partial charge in [-0.1, -0.05) is 42.5 Å². The first kappa shape index (κ1) is 22.5. The summed E-state index contributed by atoms with van der Waals surface area (Å²) in [5.74, 6) is -0.182. The summed E-state index contributed by atoms with van der Waals surface area (Å²) in [5.41, 5.74) is 3.09. The Balaban J connectivity index is 1.38. The van der Waals surface area contributed by atoms with Crippen LogP contribution in [0.5, 0.6) is 0 Å². The van der Waals surface area contributed by atoms with E-state index in [9.17, 15) is 13.2 Å². The minimum Gasteiger partial charge on any atom is -0.349 e. The lowest BCUT2D eigenvalue weighted by Crippen LogP contribution is -2.43. The first-order valence-corrected chi connectivity index (χ1v) is 12.6. The minimum atomic E-state index is -3.54. The summed E-state index contributed by atoms with van der Waals surface area (Å²) in [6, 6.07) is 19.5. The fraction of sp³-hybridized carbons (Fsp3) is 0.346. The Bertz CT molecular complexity index is 1240. The number of aryl methyl sites for hydroxylation is 2. The number of amides is 1. The number of nitrogens with one attached hydrogen (secondary N) is 1. The SMILES string of the molecule is Cc1ccc(S(=O)(=O)N2CCC(C(=O)NC(C)c3ccc4ccccc4c3)CC2)cc1C. The van der Waals surface area contributed by atoms with E-state index in [-0.39, 0.29) is 17.9 Å². The van der Waals surface area contributed by atoms with E-state index in [1.165, 1.54) is 9.69 Å². The molecule has 3 aromatic carbocycles. The smallest absolute Gasteiger partial charge is 0.243 e. The van der Waals surface area contributed by atoms with Crippen LogP contribution in [0, 0.1) is 19.8 Å². The van der Waals surface area contributed by atoms with Gasteiger partial charge in [-0.3, -0.25) is 4.79 Å². The Morgan fingerprint density at radius 2 is 1.62 bits per heavy atom. The van der Waals surface area contributed by atoms with E-state index in [1.807, 2.05) is 45.0 Å². The van der Waals surface area contributed by atoms with Crippen LogP contribution >= 0.6 is 0 Å². The van der Waals surface area contributed by atoms with Gasteiger partial charge in [0.2, 0.25) is 15.9 Å². The fourth-order valence-electron chi connectivity index (χ4n) is 4.27. The van der Waals surface area contributed by atoms with Crippen LogP contribution in [0.2, 0.25) is 0 Å². The minimum absolute atomic E-state index is 0.00566. The first-order valence-electron chi connectivity index (χ1n) is 11.1. The highest BCUT2D eigenvalue weighted by Crippen LogP contribution is 2.26. The number of nitrogens with zero attached hydrogens (tertiary/aromatic N) is 1. The first-order chi connectivity index (χ1) is 15.3. The molecule has 5 nitrogen and oxygen atoms in total. The van der Waals surface area contributed by atoms with Crippen LogP contribution in [0.1, 0.15) is 42.5 Å². The lowest BCUT2D eigenvalue weighted by atomic mass is 9.96. The molecule has 0 aliphatic carbocycles. The van der Waals surface area contributed by atoms with Gasteiger partial charge < -0.3 is 5.32 Å². The Kier molecular flexibility index (Phi) is 6.35. The Labute approximate surface area is 190 Å². The summed E-state index contributed by atoms with van der Waals surface area (Å²) in [7, 11) is -3.54. The predicted molar refractivity (Wildman–Crippen MR) is 128 cm³/mol. The molecule has 168 valence electrons. The van der Waals surface area contributed by atoms with Crippen molar-refractivity contribution in [1.82, 2.24) is 9.62 Å². The van der Waals surface area contributed by atoms with Gasteiger partial charge in [-0.05, 0) is 79.3 Å². The quantitative estimate of drug-likeness (QED) is 0.611. The molecule has 1 heterocycles. The van der Waals surface area contributed by atoms with Crippen molar-refractivity contribution in [1.29, 1.82) is 0 Å². The van der Waals surface area contributed by atoms with Crippen LogP contribution in [0.15, 0.2) is 65.6 Å². The molecule has 0 saturated carbocycles. The zero-order valence-corrected chi connectivity index (χ0v) is 19.7. The van der Waals surface area contributed by atoms with Gasteiger partial charge in [-0.2, -0.15) is 4.31 Å².